The quantitative estimate of drug-likeness (QED) is 0.707. The first-order chi connectivity index (χ1) is 13.6. The smallest absolute Gasteiger partial charge is 0.338 e. The maximum Gasteiger partial charge on any atom is 0.338 e. The molecule has 6 nitrogen and oxygen atoms in total. The van der Waals surface area contributed by atoms with Crippen molar-refractivity contribution in [2.24, 2.45) is 0 Å². The predicted octanol–water partition coefficient (Wildman–Crippen LogP) is 3.37. The van der Waals surface area contributed by atoms with Crippen LogP contribution in [0.15, 0.2) is 54.9 Å². The Morgan fingerprint density at radius 2 is 1.89 bits per heavy atom. The Hall–Kier alpha value is -3.28. The van der Waals surface area contributed by atoms with Crippen LogP contribution in [0.3, 0.4) is 0 Å². The summed E-state index contributed by atoms with van der Waals surface area (Å²) in [4.78, 5) is 33.4. The van der Waals surface area contributed by atoms with E-state index < -0.39 is 12.1 Å². The van der Waals surface area contributed by atoms with Gasteiger partial charge in [0.25, 0.3) is 5.91 Å². The molecule has 1 amide bonds. The zero-order valence-electron chi connectivity index (χ0n) is 15.6. The monoisotopic (exact) mass is 375 g/mol. The molecule has 0 unspecified atom stereocenters. The second kappa shape index (κ2) is 7.76. The molecule has 0 fully saturated rings. The first-order valence-electron chi connectivity index (χ1n) is 9.42. The lowest BCUT2D eigenvalue weighted by Gasteiger charge is -2.27. The Balaban J connectivity index is 1.42. The fraction of sp³-hybridized carbons (Fsp3) is 0.273. The van der Waals surface area contributed by atoms with Crippen molar-refractivity contribution in [2.45, 2.75) is 38.3 Å². The van der Waals surface area contributed by atoms with Crippen molar-refractivity contribution in [1.29, 1.82) is 0 Å². The minimum Gasteiger partial charge on any atom is -0.449 e. The summed E-state index contributed by atoms with van der Waals surface area (Å²) in [5.41, 5.74) is 4.05. The van der Waals surface area contributed by atoms with E-state index >= 15 is 0 Å². The highest BCUT2D eigenvalue weighted by molar-refractivity contribution is 5.95. The van der Waals surface area contributed by atoms with E-state index in [1.807, 2.05) is 18.2 Å². The lowest BCUT2D eigenvalue weighted by molar-refractivity contribution is -0.130. The second-order valence-electron chi connectivity index (χ2n) is 6.96. The molecular formula is C22H21N3O3. The van der Waals surface area contributed by atoms with E-state index in [2.05, 4.69) is 21.4 Å². The average molecular weight is 375 g/mol. The number of carbonyl (C=O) groups excluding carboxylic acids is 2. The lowest BCUT2D eigenvalue weighted by atomic mass is 9.87. The standard InChI is InChI=1S/C22H21N3O3/c1-14(21(26)25-18-8-4-6-15-5-2-3-7-17(15)18)28-22(27)16-9-10-19-20(13-16)24-12-11-23-19/h2-3,5,7,9-14,18H,4,6,8H2,1H3,(H,25,26)/t14-,18-/m0/s1. The number of rotatable bonds is 4. The fourth-order valence-corrected chi connectivity index (χ4v) is 3.57. The Kier molecular flexibility index (Phi) is 5.02. The maximum atomic E-state index is 12.6. The van der Waals surface area contributed by atoms with Crippen molar-refractivity contribution >= 4 is 22.9 Å². The van der Waals surface area contributed by atoms with E-state index in [4.69, 9.17) is 4.74 Å². The highest BCUT2D eigenvalue weighted by Crippen LogP contribution is 2.29. The minimum absolute atomic E-state index is 0.0467. The molecule has 2 atom stereocenters. The number of esters is 1. The van der Waals surface area contributed by atoms with Crippen LogP contribution in [0.5, 0.6) is 0 Å². The highest BCUT2D eigenvalue weighted by Gasteiger charge is 2.25. The zero-order valence-corrected chi connectivity index (χ0v) is 15.6. The van der Waals surface area contributed by atoms with Crippen molar-refractivity contribution < 1.29 is 14.3 Å². The SMILES string of the molecule is C[C@H](OC(=O)c1ccc2nccnc2c1)C(=O)N[C@H]1CCCc2ccccc21. The molecular weight excluding hydrogens is 354 g/mol. The molecule has 3 aromatic rings. The van der Waals surface area contributed by atoms with Crippen LogP contribution >= 0.6 is 0 Å². The van der Waals surface area contributed by atoms with Crippen LogP contribution in [0.4, 0.5) is 0 Å². The number of aryl methyl sites for hydroxylation is 1. The minimum atomic E-state index is -0.890. The summed E-state index contributed by atoms with van der Waals surface area (Å²) in [7, 11) is 0. The van der Waals surface area contributed by atoms with Crippen LogP contribution in [-0.4, -0.2) is 27.9 Å². The summed E-state index contributed by atoms with van der Waals surface area (Å²) in [6.07, 6.45) is 5.20. The molecule has 0 aliphatic heterocycles. The van der Waals surface area contributed by atoms with E-state index in [-0.39, 0.29) is 11.9 Å². The van der Waals surface area contributed by atoms with Crippen molar-refractivity contribution in [1.82, 2.24) is 15.3 Å². The van der Waals surface area contributed by atoms with Gasteiger partial charge in [-0.25, -0.2) is 4.79 Å². The molecule has 1 heterocycles. The second-order valence-corrected chi connectivity index (χ2v) is 6.96. The number of hydrogen-bond donors (Lipinski definition) is 1. The lowest BCUT2D eigenvalue weighted by Crippen LogP contribution is -2.39. The van der Waals surface area contributed by atoms with Crippen LogP contribution < -0.4 is 5.32 Å². The Morgan fingerprint density at radius 1 is 1.11 bits per heavy atom. The number of ether oxygens (including phenoxy) is 1. The van der Waals surface area contributed by atoms with Crippen LogP contribution in [0.2, 0.25) is 0 Å². The molecule has 1 aliphatic carbocycles. The molecule has 0 saturated carbocycles. The van der Waals surface area contributed by atoms with Gasteiger partial charge in [0.15, 0.2) is 6.10 Å². The number of nitrogens with zero attached hydrogens (tertiary/aromatic N) is 2. The Morgan fingerprint density at radius 3 is 2.75 bits per heavy atom. The van der Waals surface area contributed by atoms with Gasteiger partial charge in [-0.2, -0.15) is 0 Å². The van der Waals surface area contributed by atoms with Crippen molar-refractivity contribution in [2.75, 3.05) is 0 Å². The first kappa shape index (κ1) is 18.1. The summed E-state index contributed by atoms with van der Waals surface area (Å²) in [5.74, 6) is -0.852. The molecule has 2 aromatic carbocycles. The van der Waals surface area contributed by atoms with Crippen LogP contribution in [0, 0.1) is 0 Å². The van der Waals surface area contributed by atoms with E-state index in [0.717, 1.165) is 24.8 Å². The molecule has 6 heteroatoms. The molecule has 0 spiro atoms. The van der Waals surface area contributed by atoms with E-state index in [1.54, 1.807) is 37.5 Å². The Bertz CT molecular complexity index is 1030. The summed E-state index contributed by atoms with van der Waals surface area (Å²) in [5, 5.41) is 3.02. The van der Waals surface area contributed by atoms with Gasteiger partial charge in [-0.15, -0.1) is 0 Å². The third-order valence-corrected chi connectivity index (χ3v) is 5.04. The zero-order chi connectivity index (χ0) is 19.5. The number of hydrogen-bond acceptors (Lipinski definition) is 5. The normalized spacial score (nSPS) is 16.8. The van der Waals surface area contributed by atoms with Crippen LogP contribution in [-0.2, 0) is 16.0 Å². The number of aromatic nitrogens is 2. The number of amides is 1. The first-order valence-corrected chi connectivity index (χ1v) is 9.42. The summed E-state index contributed by atoms with van der Waals surface area (Å²) in [6, 6.07) is 13.0. The molecule has 4 rings (SSSR count). The van der Waals surface area contributed by atoms with Crippen molar-refractivity contribution in [3.8, 4) is 0 Å². The molecule has 0 radical (unpaired) electrons. The van der Waals surface area contributed by atoms with Crippen LogP contribution in [0.1, 0.15) is 47.3 Å². The van der Waals surface area contributed by atoms with E-state index in [9.17, 15) is 9.59 Å². The molecule has 1 aliphatic rings. The number of fused-ring (bicyclic) bond motifs is 2. The van der Waals surface area contributed by atoms with Gasteiger partial charge in [0.1, 0.15) is 0 Å². The number of benzene rings is 2. The molecule has 142 valence electrons. The van der Waals surface area contributed by atoms with Gasteiger partial charge >= 0.3 is 5.97 Å². The van der Waals surface area contributed by atoms with Gasteiger partial charge in [-0.05, 0) is 55.5 Å². The predicted molar refractivity (Wildman–Crippen MR) is 105 cm³/mol. The number of nitrogens with one attached hydrogen (secondary N) is 1. The van der Waals surface area contributed by atoms with Gasteiger partial charge in [0, 0.05) is 12.4 Å². The molecule has 28 heavy (non-hydrogen) atoms. The molecule has 0 bridgehead atoms. The summed E-state index contributed by atoms with van der Waals surface area (Å²) >= 11 is 0. The Labute approximate surface area is 163 Å². The number of carbonyl (C=O) groups is 2. The molecule has 1 N–H and O–H groups in total. The highest BCUT2D eigenvalue weighted by atomic mass is 16.5. The summed E-state index contributed by atoms with van der Waals surface area (Å²) in [6.45, 7) is 1.59. The van der Waals surface area contributed by atoms with Crippen LogP contribution in [0.25, 0.3) is 11.0 Å². The molecule has 0 saturated heterocycles. The molecule has 1 aromatic heterocycles. The van der Waals surface area contributed by atoms with Crippen molar-refractivity contribution in [3.05, 3.63) is 71.5 Å². The van der Waals surface area contributed by atoms with Gasteiger partial charge in [0.05, 0.1) is 22.6 Å². The van der Waals surface area contributed by atoms with Gasteiger partial charge in [0.2, 0.25) is 0 Å². The third kappa shape index (κ3) is 3.71. The summed E-state index contributed by atoms with van der Waals surface area (Å²) < 4.78 is 5.38. The third-order valence-electron chi connectivity index (χ3n) is 5.04. The maximum absolute atomic E-state index is 12.6. The van der Waals surface area contributed by atoms with Gasteiger partial charge in [-0.1, -0.05) is 24.3 Å². The van der Waals surface area contributed by atoms with E-state index in [0.29, 0.717) is 16.6 Å². The average Bonchev–Trinajstić information content (AvgIpc) is 2.73. The van der Waals surface area contributed by atoms with Gasteiger partial charge in [-0.3, -0.25) is 14.8 Å². The van der Waals surface area contributed by atoms with Crippen molar-refractivity contribution in [3.63, 3.8) is 0 Å². The largest absolute Gasteiger partial charge is 0.449 e. The van der Waals surface area contributed by atoms with E-state index in [1.165, 1.54) is 5.56 Å². The topological polar surface area (TPSA) is 81.2 Å². The van der Waals surface area contributed by atoms with Gasteiger partial charge < -0.3 is 10.1 Å². The fourth-order valence-electron chi connectivity index (χ4n) is 3.57.